The topological polar surface area (TPSA) is 37.8 Å². The Bertz CT molecular complexity index is 582. The van der Waals surface area contributed by atoms with Gasteiger partial charge in [-0.15, -0.1) is 0 Å². The van der Waals surface area contributed by atoms with Gasteiger partial charge in [0.15, 0.2) is 0 Å². The fourth-order valence-electron chi connectivity index (χ4n) is 1.86. The van der Waals surface area contributed by atoms with E-state index in [1.807, 2.05) is 19.9 Å². The SMILES string of the molecule is CCCNc1ncc(C)c(-c2cc(C)ccc2F)n1. The molecule has 0 spiro atoms. The molecule has 0 fully saturated rings. The highest BCUT2D eigenvalue weighted by molar-refractivity contribution is 5.65. The van der Waals surface area contributed by atoms with Gasteiger partial charge in [-0.25, -0.2) is 14.4 Å². The van der Waals surface area contributed by atoms with E-state index in [-0.39, 0.29) is 5.82 Å². The number of nitrogens with zero attached hydrogens (tertiary/aromatic N) is 2. The first-order chi connectivity index (χ1) is 9.11. The van der Waals surface area contributed by atoms with Gasteiger partial charge in [0.2, 0.25) is 5.95 Å². The molecule has 1 N–H and O–H groups in total. The number of rotatable bonds is 4. The number of aryl methyl sites for hydroxylation is 2. The number of nitrogens with one attached hydrogen (secondary N) is 1. The zero-order chi connectivity index (χ0) is 13.8. The Hall–Kier alpha value is -1.97. The standard InChI is InChI=1S/C15H18FN3/c1-4-7-17-15-18-9-11(3)14(19-15)12-8-10(2)5-6-13(12)16/h5-6,8-9H,4,7H2,1-3H3,(H,17,18,19). The van der Waals surface area contributed by atoms with E-state index < -0.39 is 0 Å². The molecule has 1 aromatic carbocycles. The van der Waals surface area contributed by atoms with Crippen molar-refractivity contribution in [1.82, 2.24) is 9.97 Å². The van der Waals surface area contributed by atoms with E-state index in [4.69, 9.17) is 0 Å². The normalized spacial score (nSPS) is 10.5. The van der Waals surface area contributed by atoms with Gasteiger partial charge >= 0.3 is 0 Å². The van der Waals surface area contributed by atoms with Crippen LogP contribution in [0.3, 0.4) is 0 Å². The lowest BCUT2D eigenvalue weighted by molar-refractivity contribution is 0.630. The molecule has 1 heterocycles. The van der Waals surface area contributed by atoms with Crippen LogP contribution < -0.4 is 5.32 Å². The van der Waals surface area contributed by atoms with Crippen molar-refractivity contribution in [2.24, 2.45) is 0 Å². The smallest absolute Gasteiger partial charge is 0.223 e. The van der Waals surface area contributed by atoms with Crippen LogP contribution in [0, 0.1) is 19.7 Å². The molecule has 2 aromatic rings. The Balaban J connectivity index is 2.45. The minimum absolute atomic E-state index is 0.256. The molecule has 0 aliphatic heterocycles. The van der Waals surface area contributed by atoms with Gasteiger partial charge in [0.05, 0.1) is 5.69 Å². The maximum atomic E-state index is 13.9. The number of halogens is 1. The van der Waals surface area contributed by atoms with Crippen molar-refractivity contribution in [3.63, 3.8) is 0 Å². The van der Waals surface area contributed by atoms with Crippen LogP contribution in [-0.4, -0.2) is 16.5 Å². The third-order valence-corrected chi connectivity index (χ3v) is 2.88. The Labute approximate surface area is 112 Å². The highest BCUT2D eigenvalue weighted by atomic mass is 19.1. The summed E-state index contributed by atoms with van der Waals surface area (Å²) in [5.41, 5.74) is 3.05. The Morgan fingerprint density at radius 3 is 2.79 bits per heavy atom. The first kappa shape index (κ1) is 13.5. The summed E-state index contributed by atoms with van der Waals surface area (Å²) < 4.78 is 13.9. The third-order valence-electron chi connectivity index (χ3n) is 2.88. The molecule has 2 rings (SSSR count). The fourth-order valence-corrected chi connectivity index (χ4v) is 1.86. The van der Waals surface area contributed by atoms with Crippen molar-refractivity contribution in [2.45, 2.75) is 27.2 Å². The van der Waals surface area contributed by atoms with Gasteiger partial charge in [-0.3, -0.25) is 0 Å². The molecule has 0 aliphatic carbocycles. The van der Waals surface area contributed by atoms with Crippen LogP contribution in [-0.2, 0) is 0 Å². The minimum Gasteiger partial charge on any atom is -0.354 e. The number of hydrogen-bond acceptors (Lipinski definition) is 3. The average molecular weight is 259 g/mol. The summed E-state index contributed by atoms with van der Waals surface area (Å²) in [5, 5.41) is 3.12. The highest BCUT2D eigenvalue weighted by Gasteiger charge is 2.11. The Kier molecular flexibility index (Phi) is 4.10. The van der Waals surface area contributed by atoms with Gasteiger partial charge in [0.25, 0.3) is 0 Å². The van der Waals surface area contributed by atoms with Gasteiger partial charge in [0, 0.05) is 18.3 Å². The predicted octanol–water partition coefficient (Wildman–Crippen LogP) is 3.72. The molecule has 0 unspecified atom stereocenters. The highest BCUT2D eigenvalue weighted by Crippen LogP contribution is 2.25. The van der Waals surface area contributed by atoms with Crippen LogP contribution >= 0.6 is 0 Å². The molecule has 19 heavy (non-hydrogen) atoms. The lowest BCUT2D eigenvalue weighted by Crippen LogP contribution is -2.06. The molecule has 0 atom stereocenters. The number of benzene rings is 1. The van der Waals surface area contributed by atoms with E-state index >= 15 is 0 Å². The summed E-state index contributed by atoms with van der Waals surface area (Å²) in [6.45, 7) is 6.71. The summed E-state index contributed by atoms with van der Waals surface area (Å²) in [5.74, 6) is 0.289. The van der Waals surface area contributed by atoms with Crippen molar-refractivity contribution in [1.29, 1.82) is 0 Å². The average Bonchev–Trinajstić information content (AvgIpc) is 2.41. The van der Waals surface area contributed by atoms with E-state index in [9.17, 15) is 4.39 Å². The predicted molar refractivity (Wildman–Crippen MR) is 75.7 cm³/mol. The third kappa shape index (κ3) is 3.08. The fraction of sp³-hybridized carbons (Fsp3) is 0.333. The van der Waals surface area contributed by atoms with Crippen molar-refractivity contribution in [3.05, 3.63) is 41.3 Å². The summed E-state index contributed by atoms with van der Waals surface area (Å²) in [4.78, 5) is 8.63. The second kappa shape index (κ2) is 5.78. The molecule has 0 saturated carbocycles. The monoisotopic (exact) mass is 259 g/mol. The minimum atomic E-state index is -0.256. The molecule has 0 bridgehead atoms. The van der Waals surface area contributed by atoms with Crippen molar-refractivity contribution in [3.8, 4) is 11.3 Å². The molecule has 3 nitrogen and oxygen atoms in total. The zero-order valence-electron chi connectivity index (χ0n) is 11.5. The Morgan fingerprint density at radius 2 is 2.05 bits per heavy atom. The second-order valence-corrected chi connectivity index (χ2v) is 4.64. The van der Waals surface area contributed by atoms with Crippen LogP contribution in [0.15, 0.2) is 24.4 Å². The number of anilines is 1. The summed E-state index contributed by atoms with van der Waals surface area (Å²) in [7, 11) is 0. The number of hydrogen-bond donors (Lipinski definition) is 1. The number of aromatic nitrogens is 2. The van der Waals surface area contributed by atoms with Gasteiger partial charge in [0.1, 0.15) is 5.82 Å². The first-order valence-electron chi connectivity index (χ1n) is 6.46. The van der Waals surface area contributed by atoms with Crippen molar-refractivity contribution < 1.29 is 4.39 Å². The molecule has 0 aliphatic rings. The second-order valence-electron chi connectivity index (χ2n) is 4.64. The molecule has 0 radical (unpaired) electrons. The molecular weight excluding hydrogens is 241 g/mol. The molecule has 1 aromatic heterocycles. The van der Waals surface area contributed by atoms with Gasteiger partial charge in [-0.05, 0) is 38.0 Å². The van der Waals surface area contributed by atoms with Crippen LogP contribution in [0.25, 0.3) is 11.3 Å². The van der Waals surface area contributed by atoms with Gasteiger partial charge < -0.3 is 5.32 Å². The largest absolute Gasteiger partial charge is 0.354 e. The molecule has 0 saturated heterocycles. The zero-order valence-corrected chi connectivity index (χ0v) is 11.5. The van der Waals surface area contributed by atoms with E-state index in [1.54, 1.807) is 12.3 Å². The summed E-state index contributed by atoms with van der Waals surface area (Å²) in [6.07, 6.45) is 2.72. The summed E-state index contributed by atoms with van der Waals surface area (Å²) >= 11 is 0. The molecule has 4 heteroatoms. The van der Waals surface area contributed by atoms with Crippen LogP contribution in [0.4, 0.5) is 10.3 Å². The molecule has 0 amide bonds. The lowest BCUT2D eigenvalue weighted by atomic mass is 10.1. The molecular formula is C15H18FN3. The van der Waals surface area contributed by atoms with E-state index in [0.29, 0.717) is 17.2 Å². The van der Waals surface area contributed by atoms with E-state index in [1.165, 1.54) is 6.07 Å². The lowest BCUT2D eigenvalue weighted by Gasteiger charge is -2.10. The maximum absolute atomic E-state index is 13.9. The molecule has 100 valence electrons. The van der Waals surface area contributed by atoms with Crippen LogP contribution in [0.5, 0.6) is 0 Å². The van der Waals surface area contributed by atoms with Gasteiger partial charge in [-0.1, -0.05) is 18.6 Å². The van der Waals surface area contributed by atoms with Crippen LogP contribution in [0.1, 0.15) is 24.5 Å². The van der Waals surface area contributed by atoms with Crippen molar-refractivity contribution >= 4 is 5.95 Å². The van der Waals surface area contributed by atoms with Gasteiger partial charge in [-0.2, -0.15) is 0 Å². The maximum Gasteiger partial charge on any atom is 0.223 e. The van der Waals surface area contributed by atoms with E-state index in [0.717, 1.165) is 24.1 Å². The first-order valence-corrected chi connectivity index (χ1v) is 6.46. The summed E-state index contributed by atoms with van der Waals surface area (Å²) in [6, 6.07) is 5.05. The Morgan fingerprint density at radius 1 is 1.26 bits per heavy atom. The van der Waals surface area contributed by atoms with E-state index in [2.05, 4.69) is 22.2 Å². The van der Waals surface area contributed by atoms with Crippen molar-refractivity contribution in [2.75, 3.05) is 11.9 Å². The quantitative estimate of drug-likeness (QED) is 0.909. The van der Waals surface area contributed by atoms with Crippen LogP contribution in [0.2, 0.25) is 0 Å².